The Morgan fingerprint density at radius 1 is 1.15 bits per heavy atom. The number of ether oxygens (including phenoxy) is 4. The lowest BCUT2D eigenvalue weighted by Gasteiger charge is -2.19. The number of hydrogen-bond donors (Lipinski definition) is 2. The molecule has 2 amide bonds. The first kappa shape index (κ1) is 19.4. The minimum atomic E-state index is -0.620. The van der Waals surface area contributed by atoms with Crippen LogP contribution in [0, 0.1) is 0 Å². The smallest absolute Gasteiger partial charge is 0.407 e. The Balaban J connectivity index is 1.64. The van der Waals surface area contributed by atoms with Gasteiger partial charge in [0, 0.05) is 18.3 Å². The third-order valence-electron chi connectivity index (χ3n) is 3.02. The van der Waals surface area contributed by atoms with Gasteiger partial charge in [-0.05, 0) is 32.9 Å². The first-order chi connectivity index (χ1) is 12.2. The van der Waals surface area contributed by atoms with E-state index >= 15 is 0 Å². The van der Waals surface area contributed by atoms with Crippen LogP contribution in [0.25, 0.3) is 0 Å². The molecule has 0 unspecified atom stereocenters. The van der Waals surface area contributed by atoms with E-state index in [0.29, 0.717) is 17.2 Å². The molecule has 0 fully saturated rings. The zero-order valence-corrected chi connectivity index (χ0v) is 14.9. The van der Waals surface area contributed by atoms with Crippen molar-refractivity contribution in [3.8, 4) is 11.5 Å². The van der Waals surface area contributed by atoms with Crippen LogP contribution < -0.4 is 20.1 Å². The van der Waals surface area contributed by atoms with E-state index in [4.69, 9.17) is 18.9 Å². The van der Waals surface area contributed by atoms with Crippen LogP contribution in [0.5, 0.6) is 11.5 Å². The van der Waals surface area contributed by atoms with Crippen LogP contribution in [0.4, 0.5) is 10.5 Å². The van der Waals surface area contributed by atoms with Crippen LogP contribution in [0.3, 0.4) is 0 Å². The van der Waals surface area contributed by atoms with Crippen molar-refractivity contribution >= 4 is 23.7 Å². The number of rotatable bonds is 6. The number of carbonyl (C=O) groups is 3. The molecule has 9 nitrogen and oxygen atoms in total. The molecule has 0 radical (unpaired) electrons. The number of carbonyl (C=O) groups excluding carboxylic acids is 3. The van der Waals surface area contributed by atoms with Gasteiger partial charge in [0.15, 0.2) is 18.1 Å². The molecule has 2 rings (SSSR count). The first-order valence-corrected chi connectivity index (χ1v) is 8.05. The Morgan fingerprint density at radius 3 is 2.62 bits per heavy atom. The Labute approximate surface area is 150 Å². The van der Waals surface area contributed by atoms with Gasteiger partial charge in [-0.1, -0.05) is 0 Å². The number of fused-ring (bicyclic) bond motifs is 1. The van der Waals surface area contributed by atoms with Gasteiger partial charge in [-0.3, -0.25) is 9.59 Å². The number of nitrogens with one attached hydrogen (secondary N) is 2. The summed E-state index contributed by atoms with van der Waals surface area (Å²) in [4.78, 5) is 34.8. The van der Waals surface area contributed by atoms with Crippen LogP contribution >= 0.6 is 0 Å². The molecule has 0 saturated heterocycles. The molecule has 0 aromatic heterocycles. The van der Waals surface area contributed by atoms with Gasteiger partial charge in [0.1, 0.15) is 5.60 Å². The minimum Gasteiger partial charge on any atom is -0.456 e. The van der Waals surface area contributed by atoms with Crippen molar-refractivity contribution < 1.29 is 33.3 Å². The summed E-state index contributed by atoms with van der Waals surface area (Å²) in [6.07, 6.45) is -0.692. The predicted octanol–water partition coefficient (Wildman–Crippen LogP) is 1.81. The lowest BCUT2D eigenvalue weighted by molar-refractivity contribution is -0.147. The van der Waals surface area contributed by atoms with Gasteiger partial charge < -0.3 is 29.6 Å². The molecule has 0 atom stereocenters. The molecule has 142 valence electrons. The average molecular weight is 366 g/mol. The van der Waals surface area contributed by atoms with E-state index in [0.717, 1.165) is 0 Å². The fraction of sp³-hybridized carbons (Fsp3) is 0.471. The van der Waals surface area contributed by atoms with Gasteiger partial charge in [-0.15, -0.1) is 0 Å². The van der Waals surface area contributed by atoms with Crippen LogP contribution in [0.15, 0.2) is 18.2 Å². The van der Waals surface area contributed by atoms with Gasteiger partial charge >= 0.3 is 12.1 Å². The molecule has 0 bridgehead atoms. The zero-order valence-electron chi connectivity index (χ0n) is 14.9. The molecule has 26 heavy (non-hydrogen) atoms. The molecule has 0 aliphatic carbocycles. The van der Waals surface area contributed by atoms with Gasteiger partial charge in [0.25, 0.3) is 5.91 Å². The van der Waals surface area contributed by atoms with E-state index in [1.165, 1.54) is 0 Å². The number of anilines is 1. The van der Waals surface area contributed by atoms with Crippen molar-refractivity contribution in [1.82, 2.24) is 5.32 Å². The van der Waals surface area contributed by atoms with E-state index in [1.807, 2.05) is 0 Å². The number of amides is 2. The third-order valence-corrected chi connectivity index (χ3v) is 3.02. The number of esters is 1. The molecule has 2 N–H and O–H groups in total. The van der Waals surface area contributed by atoms with Crippen molar-refractivity contribution in [2.75, 3.05) is 25.3 Å². The molecule has 1 aliphatic rings. The summed E-state index contributed by atoms with van der Waals surface area (Å²) in [6.45, 7) is 4.97. The summed E-state index contributed by atoms with van der Waals surface area (Å²) in [6, 6.07) is 4.94. The maximum Gasteiger partial charge on any atom is 0.407 e. The van der Waals surface area contributed by atoms with Gasteiger partial charge in [0.2, 0.25) is 6.79 Å². The standard InChI is InChI=1S/C17H22N2O7/c1-17(2,3)26-16(22)18-7-6-15(21)23-9-14(20)19-11-4-5-12-13(8-11)25-10-24-12/h4-5,8H,6-7,9-10H2,1-3H3,(H,18,22)(H,19,20). The van der Waals surface area contributed by atoms with E-state index in [9.17, 15) is 14.4 Å². The highest BCUT2D eigenvalue weighted by Gasteiger charge is 2.17. The fourth-order valence-corrected chi connectivity index (χ4v) is 1.97. The monoisotopic (exact) mass is 366 g/mol. The highest BCUT2D eigenvalue weighted by Crippen LogP contribution is 2.34. The van der Waals surface area contributed by atoms with E-state index < -0.39 is 30.2 Å². The number of hydrogen-bond acceptors (Lipinski definition) is 7. The largest absolute Gasteiger partial charge is 0.456 e. The highest BCUT2D eigenvalue weighted by atomic mass is 16.7. The molecule has 9 heteroatoms. The molecule has 1 aromatic rings. The molecular formula is C17H22N2O7. The Morgan fingerprint density at radius 2 is 1.88 bits per heavy atom. The second-order valence-electron chi connectivity index (χ2n) is 6.46. The molecule has 1 aromatic carbocycles. The quantitative estimate of drug-likeness (QED) is 0.738. The Hall–Kier alpha value is -2.97. The minimum absolute atomic E-state index is 0.0531. The summed E-state index contributed by atoms with van der Waals surface area (Å²) in [5.74, 6) is 0.0409. The van der Waals surface area contributed by atoms with Crippen LogP contribution in [-0.4, -0.2) is 43.5 Å². The maximum atomic E-state index is 11.8. The number of benzene rings is 1. The van der Waals surface area contributed by atoms with Gasteiger partial charge in [-0.25, -0.2) is 4.79 Å². The second-order valence-corrected chi connectivity index (χ2v) is 6.46. The second kappa shape index (κ2) is 8.41. The van der Waals surface area contributed by atoms with E-state index in [1.54, 1.807) is 39.0 Å². The fourth-order valence-electron chi connectivity index (χ4n) is 1.97. The SMILES string of the molecule is CC(C)(C)OC(=O)NCCC(=O)OCC(=O)Nc1ccc2c(c1)OCO2. The van der Waals surface area contributed by atoms with Crippen molar-refractivity contribution in [2.24, 2.45) is 0 Å². The van der Waals surface area contributed by atoms with Crippen molar-refractivity contribution in [2.45, 2.75) is 32.8 Å². The van der Waals surface area contributed by atoms with Crippen LogP contribution in [0.2, 0.25) is 0 Å². The summed E-state index contributed by atoms with van der Waals surface area (Å²) >= 11 is 0. The predicted molar refractivity (Wildman–Crippen MR) is 91.0 cm³/mol. The van der Waals surface area contributed by atoms with E-state index in [-0.39, 0.29) is 19.8 Å². The Bertz CT molecular complexity index is 682. The summed E-state index contributed by atoms with van der Waals surface area (Å²) in [7, 11) is 0. The Kier molecular flexibility index (Phi) is 6.26. The summed E-state index contributed by atoms with van der Waals surface area (Å²) in [5, 5.41) is 5.02. The topological polar surface area (TPSA) is 112 Å². The van der Waals surface area contributed by atoms with Crippen molar-refractivity contribution in [3.63, 3.8) is 0 Å². The number of alkyl carbamates (subject to hydrolysis) is 1. The van der Waals surface area contributed by atoms with Crippen LogP contribution in [-0.2, 0) is 19.1 Å². The van der Waals surface area contributed by atoms with Crippen LogP contribution in [0.1, 0.15) is 27.2 Å². The van der Waals surface area contributed by atoms with Crippen molar-refractivity contribution in [3.05, 3.63) is 18.2 Å². The molecule has 1 heterocycles. The summed E-state index contributed by atoms with van der Waals surface area (Å²) < 4.78 is 20.3. The zero-order chi connectivity index (χ0) is 19.2. The maximum absolute atomic E-state index is 11.8. The lowest BCUT2D eigenvalue weighted by atomic mass is 10.2. The molecule has 0 saturated carbocycles. The van der Waals surface area contributed by atoms with Gasteiger partial charge in [0.05, 0.1) is 6.42 Å². The average Bonchev–Trinajstić information content (AvgIpc) is 2.99. The van der Waals surface area contributed by atoms with Gasteiger partial charge in [-0.2, -0.15) is 0 Å². The first-order valence-electron chi connectivity index (χ1n) is 8.05. The third kappa shape index (κ3) is 6.50. The van der Waals surface area contributed by atoms with Crippen molar-refractivity contribution in [1.29, 1.82) is 0 Å². The summed E-state index contributed by atoms with van der Waals surface area (Å²) in [5.41, 5.74) is -0.112. The molecule has 1 aliphatic heterocycles. The normalized spacial score (nSPS) is 12.3. The highest BCUT2D eigenvalue weighted by molar-refractivity contribution is 5.93. The van der Waals surface area contributed by atoms with E-state index in [2.05, 4.69) is 10.6 Å². The lowest BCUT2D eigenvalue weighted by Crippen LogP contribution is -2.34. The molecular weight excluding hydrogens is 344 g/mol. The molecule has 0 spiro atoms.